The molecule has 8 heteroatoms. The molecule has 2 atom stereocenters. The summed E-state index contributed by atoms with van der Waals surface area (Å²) in [7, 11) is 1.56. The highest BCUT2D eigenvalue weighted by atomic mass is 16.6. The Bertz CT molecular complexity index is 1390. The zero-order valence-electron chi connectivity index (χ0n) is 24.8. The molecule has 2 unspecified atom stereocenters. The predicted molar refractivity (Wildman–Crippen MR) is 164 cm³/mol. The summed E-state index contributed by atoms with van der Waals surface area (Å²) < 4.78 is 10.7. The lowest BCUT2D eigenvalue weighted by atomic mass is 9.96. The van der Waals surface area contributed by atoms with Crippen LogP contribution in [0.4, 0.5) is 10.5 Å². The molecule has 42 heavy (non-hydrogen) atoms. The Kier molecular flexibility index (Phi) is 11.1. The molecule has 0 spiro atoms. The van der Waals surface area contributed by atoms with Gasteiger partial charge in [0.05, 0.1) is 7.11 Å². The Morgan fingerprint density at radius 1 is 0.952 bits per heavy atom. The fourth-order valence-electron chi connectivity index (χ4n) is 4.51. The third-order valence-electron chi connectivity index (χ3n) is 6.35. The number of methoxy groups -OCH3 is 1. The molecule has 3 aromatic rings. The Morgan fingerprint density at radius 2 is 1.60 bits per heavy atom. The molecule has 3 amide bonds. The molecule has 0 bridgehead atoms. The number of alkyl carbamates (subject to hydrolysis) is 1. The first-order valence-corrected chi connectivity index (χ1v) is 13.9. The average Bonchev–Trinajstić information content (AvgIpc) is 2.96. The largest absolute Gasteiger partial charge is 0.497 e. The van der Waals surface area contributed by atoms with Crippen LogP contribution in [0.1, 0.15) is 56.8 Å². The standard InChI is InChI=1S/C34H39N3O5/c1-7-22-37(32(39)29(23-24-14-10-9-11-15-24)36-33(40)42-34(3,4)5)30(28-17-13-12-16-25(28)8-2)31(38)35-26-18-20-27(41-6)21-19-26/h2,9-21,29-30H,7,22-23H2,1,3-6H3,(H,35,38)(H,36,40). The Labute approximate surface area is 248 Å². The zero-order chi connectivity index (χ0) is 30.7. The lowest BCUT2D eigenvalue weighted by molar-refractivity contribution is -0.140. The number of amides is 3. The monoisotopic (exact) mass is 569 g/mol. The van der Waals surface area contributed by atoms with E-state index in [1.54, 1.807) is 76.4 Å². The van der Waals surface area contributed by atoms with E-state index in [0.717, 1.165) is 5.56 Å². The van der Waals surface area contributed by atoms with Crippen molar-refractivity contribution in [1.82, 2.24) is 10.2 Å². The van der Waals surface area contributed by atoms with E-state index in [2.05, 4.69) is 16.6 Å². The summed E-state index contributed by atoms with van der Waals surface area (Å²) in [5.41, 5.74) is 1.59. The minimum absolute atomic E-state index is 0.197. The Balaban J connectivity index is 2.06. The maximum absolute atomic E-state index is 14.4. The van der Waals surface area contributed by atoms with E-state index in [1.807, 2.05) is 37.3 Å². The van der Waals surface area contributed by atoms with Crippen molar-refractivity contribution in [3.05, 3.63) is 95.6 Å². The second-order valence-electron chi connectivity index (χ2n) is 10.8. The third-order valence-corrected chi connectivity index (χ3v) is 6.35. The molecule has 220 valence electrons. The maximum atomic E-state index is 14.4. The van der Waals surface area contributed by atoms with Crippen LogP contribution in [0.3, 0.4) is 0 Å². The molecule has 0 aliphatic carbocycles. The molecule has 0 aliphatic heterocycles. The molecular weight excluding hydrogens is 530 g/mol. The molecule has 0 saturated heterocycles. The van der Waals surface area contributed by atoms with Crippen LogP contribution in [0.2, 0.25) is 0 Å². The fourth-order valence-corrected chi connectivity index (χ4v) is 4.51. The summed E-state index contributed by atoms with van der Waals surface area (Å²) in [4.78, 5) is 42.8. The topological polar surface area (TPSA) is 97.0 Å². The van der Waals surface area contributed by atoms with Crippen molar-refractivity contribution >= 4 is 23.6 Å². The molecular formula is C34H39N3O5. The first kappa shape index (κ1) is 31.8. The molecule has 0 fully saturated rings. The van der Waals surface area contributed by atoms with E-state index in [0.29, 0.717) is 29.0 Å². The number of benzene rings is 3. The summed E-state index contributed by atoms with van der Waals surface area (Å²) >= 11 is 0. The van der Waals surface area contributed by atoms with Gasteiger partial charge in [0.1, 0.15) is 23.4 Å². The fraction of sp³-hybridized carbons (Fsp3) is 0.324. The Morgan fingerprint density at radius 3 is 2.19 bits per heavy atom. The lowest BCUT2D eigenvalue weighted by Crippen LogP contribution is -2.53. The molecule has 3 aromatic carbocycles. The van der Waals surface area contributed by atoms with Crippen LogP contribution in [0.5, 0.6) is 5.75 Å². The first-order chi connectivity index (χ1) is 20.1. The van der Waals surface area contributed by atoms with Gasteiger partial charge in [-0.1, -0.05) is 61.4 Å². The SMILES string of the molecule is C#Cc1ccccc1C(C(=O)Nc1ccc(OC)cc1)N(CCC)C(=O)C(Cc1ccccc1)NC(=O)OC(C)(C)C. The number of terminal acetylenes is 1. The smallest absolute Gasteiger partial charge is 0.408 e. The van der Waals surface area contributed by atoms with Crippen molar-refractivity contribution in [3.63, 3.8) is 0 Å². The summed E-state index contributed by atoms with van der Waals surface area (Å²) in [6, 6.07) is 21.2. The van der Waals surface area contributed by atoms with E-state index < -0.39 is 35.6 Å². The highest BCUT2D eigenvalue weighted by Gasteiger charge is 2.37. The number of nitrogens with one attached hydrogen (secondary N) is 2. The highest BCUT2D eigenvalue weighted by Crippen LogP contribution is 2.28. The molecule has 0 heterocycles. The molecule has 0 aromatic heterocycles. The van der Waals surface area contributed by atoms with Gasteiger partial charge < -0.3 is 25.0 Å². The first-order valence-electron chi connectivity index (χ1n) is 13.9. The highest BCUT2D eigenvalue weighted by molar-refractivity contribution is 5.99. The molecule has 2 N–H and O–H groups in total. The van der Waals surface area contributed by atoms with E-state index in [4.69, 9.17) is 15.9 Å². The van der Waals surface area contributed by atoms with Crippen LogP contribution in [-0.2, 0) is 20.7 Å². The van der Waals surface area contributed by atoms with Crippen LogP contribution < -0.4 is 15.4 Å². The van der Waals surface area contributed by atoms with Crippen LogP contribution in [0, 0.1) is 12.3 Å². The van der Waals surface area contributed by atoms with E-state index >= 15 is 0 Å². The predicted octanol–water partition coefficient (Wildman–Crippen LogP) is 5.73. The van der Waals surface area contributed by atoms with Crippen molar-refractivity contribution in [2.45, 2.75) is 58.2 Å². The van der Waals surface area contributed by atoms with E-state index in [-0.39, 0.29) is 13.0 Å². The summed E-state index contributed by atoms with van der Waals surface area (Å²) in [5.74, 6) is 2.41. The van der Waals surface area contributed by atoms with Gasteiger partial charge in [0.2, 0.25) is 5.91 Å². The zero-order valence-corrected chi connectivity index (χ0v) is 24.8. The van der Waals surface area contributed by atoms with Crippen molar-refractivity contribution in [2.75, 3.05) is 19.0 Å². The van der Waals surface area contributed by atoms with Crippen molar-refractivity contribution in [2.24, 2.45) is 0 Å². The minimum Gasteiger partial charge on any atom is -0.497 e. The van der Waals surface area contributed by atoms with Gasteiger partial charge >= 0.3 is 6.09 Å². The normalized spacial score (nSPS) is 12.3. The van der Waals surface area contributed by atoms with E-state index in [1.165, 1.54) is 4.90 Å². The van der Waals surface area contributed by atoms with Gasteiger partial charge in [0.15, 0.2) is 0 Å². The number of nitrogens with zero attached hydrogens (tertiary/aromatic N) is 1. The van der Waals surface area contributed by atoms with Gasteiger partial charge in [0.25, 0.3) is 5.91 Å². The summed E-state index contributed by atoms with van der Waals surface area (Å²) in [5, 5.41) is 5.69. The van der Waals surface area contributed by atoms with Gasteiger partial charge in [-0.05, 0) is 68.7 Å². The van der Waals surface area contributed by atoms with Crippen LogP contribution in [-0.4, -0.2) is 48.1 Å². The molecule has 8 nitrogen and oxygen atoms in total. The number of carbonyl (C=O) groups excluding carboxylic acids is 3. The van der Waals surface area contributed by atoms with Crippen LogP contribution >= 0.6 is 0 Å². The summed E-state index contributed by atoms with van der Waals surface area (Å²) in [6.45, 7) is 7.40. The van der Waals surface area contributed by atoms with Gasteiger partial charge in [-0.2, -0.15) is 0 Å². The van der Waals surface area contributed by atoms with Crippen molar-refractivity contribution in [3.8, 4) is 18.1 Å². The second-order valence-corrected chi connectivity index (χ2v) is 10.8. The van der Waals surface area contributed by atoms with Gasteiger partial charge in [-0.3, -0.25) is 9.59 Å². The Hall–Kier alpha value is -4.77. The number of rotatable bonds is 11. The number of anilines is 1. The molecule has 0 saturated carbocycles. The second kappa shape index (κ2) is 14.7. The molecule has 0 aliphatic rings. The lowest BCUT2D eigenvalue weighted by Gasteiger charge is -2.35. The van der Waals surface area contributed by atoms with E-state index in [9.17, 15) is 14.4 Å². The van der Waals surface area contributed by atoms with Crippen LogP contribution in [0.15, 0.2) is 78.9 Å². The van der Waals surface area contributed by atoms with Gasteiger partial charge in [-0.15, -0.1) is 6.42 Å². The quantitative estimate of drug-likeness (QED) is 0.288. The van der Waals surface area contributed by atoms with Gasteiger partial charge in [0, 0.05) is 24.2 Å². The number of hydrogen-bond donors (Lipinski definition) is 2. The third kappa shape index (κ3) is 8.87. The van der Waals surface area contributed by atoms with Gasteiger partial charge in [-0.25, -0.2) is 4.79 Å². The molecule has 3 rings (SSSR count). The maximum Gasteiger partial charge on any atom is 0.408 e. The van der Waals surface area contributed by atoms with Crippen molar-refractivity contribution in [1.29, 1.82) is 0 Å². The van der Waals surface area contributed by atoms with Crippen molar-refractivity contribution < 1.29 is 23.9 Å². The van der Waals surface area contributed by atoms with Crippen LogP contribution in [0.25, 0.3) is 0 Å². The molecule has 0 radical (unpaired) electrons. The number of carbonyl (C=O) groups is 3. The minimum atomic E-state index is -1.08. The number of ether oxygens (including phenoxy) is 2. The number of hydrogen-bond acceptors (Lipinski definition) is 5. The summed E-state index contributed by atoms with van der Waals surface area (Å²) in [6.07, 6.45) is 5.87. The average molecular weight is 570 g/mol.